The zero-order chi connectivity index (χ0) is 15.0. The fourth-order valence-corrected chi connectivity index (χ4v) is 2.60. The molecule has 0 atom stereocenters. The van der Waals surface area contributed by atoms with E-state index in [2.05, 4.69) is 4.90 Å². The van der Waals surface area contributed by atoms with Crippen LogP contribution in [0.3, 0.4) is 0 Å². The minimum Gasteiger partial charge on any atom is -0.508 e. The van der Waals surface area contributed by atoms with Crippen molar-refractivity contribution in [3.8, 4) is 5.75 Å². The van der Waals surface area contributed by atoms with Gasteiger partial charge in [0, 0.05) is 62.5 Å². The summed E-state index contributed by atoms with van der Waals surface area (Å²) in [5.41, 5.74) is 2.33. The van der Waals surface area contributed by atoms with Gasteiger partial charge in [0.15, 0.2) is 5.76 Å². The summed E-state index contributed by atoms with van der Waals surface area (Å²) in [6, 6.07) is 3.36. The number of phenols is 1. The minimum atomic E-state index is -0.0374. The Morgan fingerprint density at radius 1 is 1.23 bits per heavy atom. The zero-order valence-electron chi connectivity index (χ0n) is 12.9. The number of aromatic hydroxyl groups is 1. The summed E-state index contributed by atoms with van der Waals surface area (Å²) < 4.78 is 11.0. The van der Waals surface area contributed by atoms with Crippen molar-refractivity contribution in [1.29, 1.82) is 0 Å². The van der Waals surface area contributed by atoms with Crippen LogP contribution >= 0.6 is 0 Å². The van der Waals surface area contributed by atoms with Crippen molar-refractivity contribution in [3.63, 3.8) is 0 Å². The van der Waals surface area contributed by atoms with Crippen LogP contribution in [0.1, 0.15) is 21.7 Å². The molecule has 0 aliphatic carbocycles. The van der Waals surface area contributed by atoms with Crippen molar-refractivity contribution in [2.45, 2.75) is 13.8 Å². The van der Waals surface area contributed by atoms with E-state index in [9.17, 15) is 9.90 Å². The molecule has 2 aromatic rings. The molecule has 1 saturated heterocycles. The van der Waals surface area contributed by atoms with Crippen LogP contribution in [0.5, 0.6) is 5.75 Å². The van der Waals surface area contributed by atoms with Gasteiger partial charge in [-0.05, 0) is 37.1 Å². The number of hydrogen-bond acceptors (Lipinski definition) is 5. The molecule has 1 aromatic heterocycles. The number of benzene rings is 1. The van der Waals surface area contributed by atoms with Crippen LogP contribution in [-0.4, -0.2) is 48.6 Å². The number of ether oxygens (including phenoxy) is 1. The third-order valence-corrected chi connectivity index (χ3v) is 4.09. The van der Waals surface area contributed by atoms with Crippen LogP contribution in [0.2, 0.25) is 0 Å². The molecule has 1 aliphatic heterocycles. The van der Waals surface area contributed by atoms with Gasteiger partial charge in [-0.3, -0.25) is 9.69 Å². The molecule has 2 heterocycles. The summed E-state index contributed by atoms with van der Waals surface area (Å²) in [6.07, 6.45) is 0. The second-order valence-electron chi connectivity index (χ2n) is 5.49. The Balaban J connectivity index is 0.00000176. The Labute approximate surface area is 165 Å². The monoisotopic (exact) mass is 516 g/mol. The fourth-order valence-electron chi connectivity index (χ4n) is 2.60. The average molecular weight is 516 g/mol. The predicted octanol–water partition coefficient (Wildman–Crippen LogP) is 2.27. The van der Waals surface area contributed by atoms with E-state index in [0.29, 0.717) is 31.1 Å². The van der Waals surface area contributed by atoms with Crippen LogP contribution in [0.4, 0.5) is 0 Å². The van der Waals surface area contributed by atoms with Crippen LogP contribution in [0.15, 0.2) is 16.5 Å². The molecule has 3 rings (SSSR count). The van der Waals surface area contributed by atoms with Gasteiger partial charge in [0.2, 0.25) is 5.78 Å². The van der Waals surface area contributed by atoms with E-state index in [-0.39, 0.29) is 55.6 Å². The molecule has 1 N–H and O–H groups in total. The topological polar surface area (TPSA) is 62.9 Å². The van der Waals surface area contributed by atoms with E-state index < -0.39 is 0 Å². The number of Topliss-reactive ketones (excluding diaryl/α,β-unsaturated/α-hetero) is 1. The van der Waals surface area contributed by atoms with E-state index in [0.717, 1.165) is 29.6 Å². The van der Waals surface area contributed by atoms with Gasteiger partial charge in [0.25, 0.3) is 0 Å². The fraction of sp³-hybridized carbons (Fsp3) is 0.438. The Morgan fingerprint density at radius 2 is 1.91 bits per heavy atom. The number of carbonyl (C=O) groups excluding carboxylic acids is 1. The molecule has 0 bridgehead atoms. The van der Waals surface area contributed by atoms with Crippen LogP contribution in [-0.2, 0) is 4.74 Å². The van der Waals surface area contributed by atoms with Gasteiger partial charge in [-0.2, -0.15) is 0 Å². The summed E-state index contributed by atoms with van der Waals surface area (Å²) in [7, 11) is 0. The summed E-state index contributed by atoms with van der Waals surface area (Å²) in [6.45, 7) is 6.93. The molecule has 115 valence electrons. The Bertz CT molecular complexity index is 689. The number of ketones is 1. The summed E-state index contributed by atoms with van der Waals surface area (Å²) in [4.78, 5) is 14.4. The molecule has 1 fully saturated rings. The third-order valence-electron chi connectivity index (χ3n) is 4.09. The van der Waals surface area contributed by atoms with Crippen LogP contribution in [0, 0.1) is 57.9 Å². The van der Waals surface area contributed by atoms with E-state index in [1.807, 2.05) is 13.8 Å². The summed E-state index contributed by atoms with van der Waals surface area (Å²) in [5, 5.41) is 10.6. The first-order chi connectivity index (χ1) is 10.1. The largest absolute Gasteiger partial charge is 0.508 e. The van der Waals surface area contributed by atoms with Crippen molar-refractivity contribution < 1.29 is 63.1 Å². The molecule has 0 amide bonds. The van der Waals surface area contributed by atoms with Gasteiger partial charge in [-0.1, -0.05) is 0 Å². The van der Waals surface area contributed by atoms with Gasteiger partial charge >= 0.3 is 0 Å². The SMILES string of the molecule is Cc1c(O)cc2cc(C(=O)CN3CCOCC3)oc2c1C.[Ac]. The van der Waals surface area contributed by atoms with E-state index in [4.69, 9.17) is 9.15 Å². The number of furan rings is 1. The smallest absolute Gasteiger partial charge is 0.211 e. The summed E-state index contributed by atoms with van der Waals surface area (Å²) in [5.74, 6) is 0.544. The number of carbonyl (C=O) groups is 1. The van der Waals surface area contributed by atoms with Crippen molar-refractivity contribution in [3.05, 3.63) is 29.0 Å². The first kappa shape index (κ1) is 17.9. The minimum absolute atomic E-state index is 0. The van der Waals surface area contributed by atoms with E-state index in [1.54, 1.807) is 12.1 Å². The Morgan fingerprint density at radius 3 is 2.59 bits per heavy atom. The number of phenolic OH excluding ortho intramolecular Hbond substituents is 1. The normalized spacial score (nSPS) is 15.7. The standard InChI is InChI=1S/C16H19NO4.Ac/c1-10-11(2)16-12(7-13(10)18)8-15(21-16)14(19)9-17-3-5-20-6-4-17;/h7-8,18H,3-6,9H2,1-2H3;. The van der Waals surface area contributed by atoms with Crippen molar-refractivity contribution in [1.82, 2.24) is 4.90 Å². The molecule has 6 heteroatoms. The first-order valence-corrected chi connectivity index (χ1v) is 7.12. The van der Waals surface area contributed by atoms with Crippen LogP contribution < -0.4 is 0 Å². The molecular formula is C16H19AcNO4. The molecule has 0 saturated carbocycles. The molecule has 0 unspecified atom stereocenters. The second-order valence-corrected chi connectivity index (χ2v) is 5.49. The molecule has 1 aliphatic rings. The number of nitrogens with zero attached hydrogens (tertiary/aromatic N) is 1. The number of rotatable bonds is 3. The van der Waals surface area contributed by atoms with Gasteiger partial charge in [-0.15, -0.1) is 0 Å². The summed E-state index contributed by atoms with van der Waals surface area (Å²) >= 11 is 0. The maximum Gasteiger partial charge on any atom is 0.211 e. The third kappa shape index (κ3) is 3.56. The molecule has 1 radical (unpaired) electrons. The van der Waals surface area contributed by atoms with E-state index in [1.165, 1.54) is 0 Å². The number of hydrogen-bond donors (Lipinski definition) is 1. The maximum atomic E-state index is 12.3. The zero-order valence-corrected chi connectivity index (χ0v) is 17.6. The molecule has 22 heavy (non-hydrogen) atoms. The van der Waals surface area contributed by atoms with Gasteiger partial charge in [-0.25, -0.2) is 0 Å². The number of fused-ring (bicyclic) bond motifs is 1. The quantitative estimate of drug-likeness (QED) is 0.635. The number of aryl methyl sites for hydroxylation is 1. The van der Waals surface area contributed by atoms with E-state index >= 15 is 0 Å². The molecule has 1 aromatic carbocycles. The average Bonchev–Trinajstić information content (AvgIpc) is 2.90. The first-order valence-electron chi connectivity index (χ1n) is 7.12. The van der Waals surface area contributed by atoms with Gasteiger partial charge < -0.3 is 14.3 Å². The molecule has 0 spiro atoms. The van der Waals surface area contributed by atoms with Gasteiger partial charge in [0.1, 0.15) is 11.3 Å². The Hall–Kier alpha value is -0.408. The molecule has 5 nitrogen and oxygen atoms in total. The molecular weight excluding hydrogens is 497 g/mol. The van der Waals surface area contributed by atoms with Crippen molar-refractivity contribution >= 4 is 16.8 Å². The maximum absolute atomic E-state index is 12.3. The Kier molecular flexibility index (Phi) is 6.07. The van der Waals surface area contributed by atoms with Crippen molar-refractivity contribution in [2.75, 3.05) is 32.8 Å². The predicted molar refractivity (Wildman–Crippen MR) is 78.9 cm³/mol. The van der Waals surface area contributed by atoms with Crippen molar-refractivity contribution in [2.24, 2.45) is 0 Å². The number of morpholine rings is 1. The van der Waals surface area contributed by atoms with Gasteiger partial charge in [0.05, 0.1) is 19.8 Å². The second kappa shape index (κ2) is 7.44. The van der Waals surface area contributed by atoms with Crippen LogP contribution in [0.25, 0.3) is 11.0 Å².